The van der Waals surface area contributed by atoms with Crippen molar-refractivity contribution in [1.82, 2.24) is 5.32 Å². The first-order valence-electron chi connectivity index (χ1n) is 6.83. The number of aliphatic hydroxyl groups excluding tert-OH is 1. The number of nitrogens with zero attached hydrogens (tertiary/aromatic N) is 1. The fourth-order valence-corrected chi connectivity index (χ4v) is 1.98. The lowest BCUT2D eigenvalue weighted by molar-refractivity contribution is 0.0942. The Morgan fingerprint density at radius 2 is 2.19 bits per heavy atom. The van der Waals surface area contributed by atoms with Crippen LogP contribution in [0.4, 0.5) is 5.69 Å². The minimum Gasteiger partial charge on any atom is -0.472 e. The van der Waals surface area contributed by atoms with Crippen LogP contribution in [0.5, 0.6) is 0 Å². The largest absolute Gasteiger partial charge is 0.472 e. The van der Waals surface area contributed by atoms with E-state index in [0.29, 0.717) is 18.5 Å². The molecule has 0 bridgehead atoms. The fraction of sp³-hybridized carbons (Fsp3) is 0.312. The summed E-state index contributed by atoms with van der Waals surface area (Å²) in [7, 11) is 3.86. The second-order valence-electron chi connectivity index (χ2n) is 5.06. The molecule has 5 nitrogen and oxygen atoms in total. The van der Waals surface area contributed by atoms with Crippen molar-refractivity contribution in [2.24, 2.45) is 0 Å². The van der Waals surface area contributed by atoms with Crippen molar-refractivity contribution < 1.29 is 14.3 Å². The van der Waals surface area contributed by atoms with Crippen LogP contribution in [0.2, 0.25) is 0 Å². The van der Waals surface area contributed by atoms with Crippen LogP contribution in [0.15, 0.2) is 47.3 Å². The molecule has 0 aliphatic heterocycles. The van der Waals surface area contributed by atoms with E-state index in [9.17, 15) is 9.90 Å². The number of hydrogen-bond acceptors (Lipinski definition) is 4. The second-order valence-corrected chi connectivity index (χ2v) is 5.06. The summed E-state index contributed by atoms with van der Waals surface area (Å²) < 4.78 is 4.92. The minimum absolute atomic E-state index is 0.141. The van der Waals surface area contributed by atoms with E-state index in [4.69, 9.17) is 4.42 Å². The van der Waals surface area contributed by atoms with Crippen LogP contribution in [0.1, 0.15) is 28.4 Å². The van der Waals surface area contributed by atoms with Crippen molar-refractivity contribution in [2.75, 3.05) is 25.5 Å². The maximum Gasteiger partial charge on any atom is 0.251 e. The van der Waals surface area contributed by atoms with Crippen molar-refractivity contribution in [3.05, 3.63) is 54.0 Å². The highest BCUT2D eigenvalue weighted by Gasteiger charge is 2.10. The molecular formula is C16H20N2O3. The third-order valence-corrected chi connectivity index (χ3v) is 3.26. The van der Waals surface area contributed by atoms with Gasteiger partial charge in [0.05, 0.1) is 18.6 Å². The highest BCUT2D eigenvalue weighted by molar-refractivity contribution is 5.95. The Kier molecular flexibility index (Phi) is 5.00. The number of carbonyl (C=O) groups is 1. The maximum absolute atomic E-state index is 12.1. The number of carbonyl (C=O) groups excluding carboxylic acids is 1. The van der Waals surface area contributed by atoms with Crippen LogP contribution < -0.4 is 10.2 Å². The zero-order chi connectivity index (χ0) is 15.2. The summed E-state index contributed by atoms with van der Waals surface area (Å²) in [5, 5.41) is 12.7. The van der Waals surface area contributed by atoms with Gasteiger partial charge < -0.3 is 19.7 Å². The molecule has 1 aromatic heterocycles. The van der Waals surface area contributed by atoms with Gasteiger partial charge in [-0.25, -0.2) is 0 Å². The summed E-state index contributed by atoms with van der Waals surface area (Å²) in [6.45, 7) is 0.400. The number of furan rings is 1. The van der Waals surface area contributed by atoms with Gasteiger partial charge in [-0.15, -0.1) is 0 Å². The molecule has 2 rings (SSSR count). The van der Waals surface area contributed by atoms with E-state index in [2.05, 4.69) is 5.32 Å². The zero-order valence-corrected chi connectivity index (χ0v) is 12.2. The SMILES string of the molecule is CN(C)c1cccc(C(=O)NCC[C@H](O)c2ccoc2)c1. The molecular weight excluding hydrogens is 268 g/mol. The highest BCUT2D eigenvalue weighted by atomic mass is 16.3. The lowest BCUT2D eigenvalue weighted by Crippen LogP contribution is -2.25. The van der Waals surface area contributed by atoms with E-state index in [-0.39, 0.29) is 5.91 Å². The summed E-state index contributed by atoms with van der Waals surface area (Å²) in [6.07, 6.45) is 2.84. The molecule has 1 atom stereocenters. The molecule has 0 aliphatic carbocycles. The molecule has 1 aromatic carbocycles. The quantitative estimate of drug-likeness (QED) is 0.855. The second kappa shape index (κ2) is 6.95. The molecule has 1 amide bonds. The molecule has 5 heteroatoms. The molecule has 0 saturated heterocycles. The van der Waals surface area contributed by atoms with E-state index >= 15 is 0 Å². The van der Waals surface area contributed by atoms with Crippen LogP contribution in [-0.2, 0) is 0 Å². The Hall–Kier alpha value is -2.27. The van der Waals surface area contributed by atoms with Gasteiger partial charge in [-0.3, -0.25) is 4.79 Å². The standard InChI is InChI=1S/C16H20N2O3/c1-18(2)14-5-3-4-12(10-14)16(20)17-8-6-15(19)13-7-9-21-11-13/h3-5,7,9-11,15,19H,6,8H2,1-2H3,(H,17,20)/t15-/m0/s1. The number of benzene rings is 1. The molecule has 0 radical (unpaired) electrons. The predicted molar refractivity (Wildman–Crippen MR) is 81.4 cm³/mol. The van der Waals surface area contributed by atoms with Crippen molar-refractivity contribution in [3.63, 3.8) is 0 Å². The van der Waals surface area contributed by atoms with E-state index in [1.807, 2.05) is 37.2 Å². The first kappa shape index (κ1) is 15.1. The smallest absolute Gasteiger partial charge is 0.251 e. The normalized spacial score (nSPS) is 12.0. The molecule has 0 unspecified atom stereocenters. The predicted octanol–water partition coefficient (Wildman–Crippen LogP) is 2.20. The Morgan fingerprint density at radius 1 is 1.38 bits per heavy atom. The number of rotatable bonds is 6. The zero-order valence-electron chi connectivity index (χ0n) is 12.2. The summed E-state index contributed by atoms with van der Waals surface area (Å²) >= 11 is 0. The number of aliphatic hydroxyl groups is 1. The Morgan fingerprint density at radius 3 is 2.86 bits per heavy atom. The highest BCUT2D eigenvalue weighted by Crippen LogP contribution is 2.16. The summed E-state index contributed by atoms with van der Waals surface area (Å²) in [4.78, 5) is 14.0. The molecule has 1 heterocycles. The van der Waals surface area contributed by atoms with Crippen LogP contribution in [0.25, 0.3) is 0 Å². The Balaban J connectivity index is 1.86. The van der Waals surface area contributed by atoms with Crippen molar-refractivity contribution in [1.29, 1.82) is 0 Å². The molecule has 2 N–H and O–H groups in total. The van der Waals surface area contributed by atoms with Crippen molar-refractivity contribution in [3.8, 4) is 0 Å². The monoisotopic (exact) mass is 288 g/mol. The molecule has 0 fully saturated rings. The van der Waals surface area contributed by atoms with Gasteiger partial charge in [0.2, 0.25) is 0 Å². The maximum atomic E-state index is 12.1. The molecule has 0 spiro atoms. The summed E-state index contributed by atoms with van der Waals surface area (Å²) in [5.74, 6) is -0.141. The number of anilines is 1. The van der Waals surface area contributed by atoms with Crippen molar-refractivity contribution in [2.45, 2.75) is 12.5 Å². The van der Waals surface area contributed by atoms with Crippen LogP contribution in [0, 0.1) is 0 Å². The van der Waals surface area contributed by atoms with E-state index in [1.165, 1.54) is 12.5 Å². The third-order valence-electron chi connectivity index (χ3n) is 3.26. The summed E-state index contributed by atoms with van der Waals surface area (Å²) in [5.41, 5.74) is 2.30. The first-order chi connectivity index (χ1) is 10.1. The lowest BCUT2D eigenvalue weighted by atomic mass is 10.1. The van der Waals surface area contributed by atoms with Gasteiger partial charge in [-0.1, -0.05) is 6.07 Å². The first-order valence-corrected chi connectivity index (χ1v) is 6.83. The molecule has 0 saturated carbocycles. The topological polar surface area (TPSA) is 65.7 Å². The molecule has 21 heavy (non-hydrogen) atoms. The van der Waals surface area contributed by atoms with Gasteiger partial charge >= 0.3 is 0 Å². The third kappa shape index (κ3) is 4.10. The van der Waals surface area contributed by atoms with Crippen LogP contribution in [0.3, 0.4) is 0 Å². The average molecular weight is 288 g/mol. The molecule has 112 valence electrons. The van der Waals surface area contributed by atoms with Gasteiger partial charge in [0.1, 0.15) is 0 Å². The molecule has 2 aromatic rings. The minimum atomic E-state index is -0.628. The summed E-state index contributed by atoms with van der Waals surface area (Å²) in [6, 6.07) is 9.12. The number of nitrogens with one attached hydrogen (secondary N) is 1. The van der Waals surface area contributed by atoms with Crippen molar-refractivity contribution >= 4 is 11.6 Å². The van der Waals surface area contributed by atoms with Gasteiger partial charge in [0, 0.05) is 37.5 Å². The Bertz CT molecular complexity index is 579. The van der Waals surface area contributed by atoms with Gasteiger partial charge in [-0.05, 0) is 30.7 Å². The fourth-order valence-electron chi connectivity index (χ4n) is 1.98. The van der Waals surface area contributed by atoms with Gasteiger partial charge in [0.25, 0.3) is 5.91 Å². The van der Waals surface area contributed by atoms with Gasteiger partial charge in [-0.2, -0.15) is 0 Å². The molecule has 0 aliphatic rings. The number of amides is 1. The van der Waals surface area contributed by atoms with E-state index < -0.39 is 6.10 Å². The van der Waals surface area contributed by atoms with E-state index in [0.717, 1.165) is 11.3 Å². The Labute approximate surface area is 124 Å². The van der Waals surface area contributed by atoms with E-state index in [1.54, 1.807) is 12.1 Å². The van der Waals surface area contributed by atoms with Crippen LogP contribution >= 0.6 is 0 Å². The van der Waals surface area contributed by atoms with Gasteiger partial charge in [0.15, 0.2) is 0 Å². The average Bonchev–Trinajstić information content (AvgIpc) is 3.01. The van der Waals surface area contributed by atoms with Crippen LogP contribution in [-0.4, -0.2) is 31.7 Å². The number of hydrogen-bond donors (Lipinski definition) is 2. The lowest BCUT2D eigenvalue weighted by Gasteiger charge is -2.14.